The van der Waals surface area contributed by atoms with Crippen molar-refractivity contribution in [3.05, 3.63) is 93.6 Å². The molecule has 9 heteroatoms. The zero-order valence-corrected chi connectivity index (χ0v) is 23.7. The van der Waals surface area contributed by atoms with Gasteiger partial charge in [-0.05, 0) is 105 Å². The molecule has 0 bridgehead atoms. The first kappa shape index (κ1) is 24.5. The molecule has 0 aromatic heterocycles. The lowest BCUT2D eigenvalue weighted by molar-refractivity contribution is -0.129. The van der Waals surface area contributed by atoms with Crippen molar-refractivity contribution in [2.75, 3.05) is 7.11 Å². The molecular weight excluding hydrogens is 735 g/mol. The molecule has 1 aliphatic rings. The molecule has 0 spiro atoms. The minimum atomic E-state index is -0.538. The van der Waals surface area contributed by atoms with Gasteiger partial charge in [0, 0.05) is 8.04 Å². The van der Waals surface area contributed by atoms with Crippen LogP contribution >= 0.6 is 72.7 Å². The lowest BCUT2D eigenvalue weighted by atomic mass is 10.1. The highest BCUT2D eigenvalue weighted by Crippen LogP contribution is 2.36. The van der Waals surface area contributed by atoms with Crippen LogP contribution < -0.4 is 9.47 Å². The molecule has 5 nitrogen and oxygen atoms in total. The summed E-state index contributed by atoms with van der Waals surface area (Å²) in [7, 11) is 1.58. The van der Waals surface area contributed by atoms with Crippen LogP contribution in [0, 0.1) is 7.14 Å². The lowest BCUT2D eigenvalue weighted by Gasteiger charge is -2.14. The van der Waals surface area contributed by atoms with E-state index in [1.807, 2.05) is 42.5 Å². The molecule has 3 aromatic rings. The topological polar surface area (TPSA) is 57.1 Å². The molecule has 1 heterocycles. The minimum Gasteiger partial charge on any atom is -0.493 e. The fraction of sp³-hybridized carbons (Fsp3) is 0.0833. The summed E-state index contributed by atoms with van der Waals surface area (Å²) in [5.74, 6) is 0.837. The largest absolute Gasteiger partial charge is 0.493 e. The van der Waals surface area contributed by atoms with Gasteiger partial charge in [-0.3, -0.25) is 0 Å². The SMILES string of the molecule is COc1cc(/C=C2\N=C(c3cc(I)ccc3Cl)OC2=O)cc(I)c1OCc1ccc(Br)cc1. The highest BCUT2D eigenvalue weighted by Gasteiger charge is 2.26. The minimum absolute atomic E-state index is 0.182. The summed E-state index contributed by atoms with van der Waals surface area (Å²) >= 11 is 14.0. The second-order valence-electron chi connectivity index (χ2n) is 6.91. The summed E-state index contributed by atoms with van der Waals surface area (Å²) in [6.45, 7) is 0.399. The number of rotatable bonds is 6. The van der Waals surface area contributed by atoms with Crippen molar-refractivity contribution in [3.63, 3.8) is 0 Å². The third kappa shape index (κ3) is 5.90. The number of nitrogens with zero attached hydrogens (tertiary/aromatic N) is 1. The normalized spacial score (nSPS) is 14.3. The highest BCUT2D eigenvalue weighted by molar-refractivity contribution is 14.1. The Morgan fingerprint density at radius 2 is 1.88 bits per heavy atom. The van der Waals surface area contributed by atoms with E-state index in [9.17, 15) is 4.79 Å². The molecule has 168 valence electrons. The van der Waals surface area contributed by atoms with Gasteiger partial charge < -0.3 is 14.2 Å². The number of aliphatic imine (C=N–C) groups is 1. The Hall–Kier alpha value is -1.63. The van der Waals surface area contributed by atoms with E-state index in [1.54, 1.807) is 25.3 Å². The number of hydrogen-bond donors (Lipinski definition) is 0. The molecule has 0 N–H and O–H groups in total. The Labute approximate surface area is 231 Å². The molecule has 0 amide bonds. The zero-order valence-electron chi connectivity index (χ0n) is 17.1. The van der Waals surface area contributed by atoms with Crippen LogP contribution in [0.4, 0.5) is 0 Å². The number of methoxy groups -OCH3 is 1. The van der Waals surface area contributed by atoms with E-state index in [2.05, 4.69) is 66.1 Å². The number of esters is 1. The Morgan fingerprint density at radius 1 is 1.12 bits per heavy atom. The summed E-state index contributed by atoms with van der Waals surface area (Å²) in [4.78, 5) is 16.8. The van der Waals surface area contributed by atoms with Crippen LogP contribution in [-0.2, 0) is 16.1 Å². The van der Waals surface area contributed by atoms with Gasteiger partial charge in [-0.1, -0.05) is 39.7 Å². The maximum absolute atomic E-state index is 12.4. The van der Waals surface area contributed by atoms with Crippen LogP contribution in [0.15, 0.2) is 69.8 Å². The summed E-state index contributed by atoms with van der Waals surface area (Å²) in [6.07, 6.45) is 1.65. The van der Waals surface area contributed by atoms with E-state index in [-0.39, 0.29) is 11.6 Å². The van der Waals surface area contributed by atoms with E-state index in [0.29, 0.717) is 28.7 Å². The number of carbonyl (C=O) groups excluding carboxylic acids is 1. The molecule has 0 radical (unpaired) electrons. The summed E-state index contributed by atoms with van der Waals surface area (Å²) < 4.78 is 19.8. The van der Waals surface area contributed by atoms with Gasteiger partial charge in [0.1, 0.15) is 6.61 Å². The maximum Gasteiger partial charge on any atom is 0.363 e. The number of hydrogen-bond acceptors (Lipinski definition) is 5. The van der Waals surface area contributed by atoms with Gasteiger partial charge in [0.2, 0.25) is 5.90 Å². The van der Waals surface area contributed by atoms with E-state index in [4.69, 9.17) is 25.8 Å². The Morgan fingerprint density at radius 3 is 2.61 bits per heavy atom. The molecule has 0 saturated carbocycles. The van der Waals surface area contributed by atoms with Crippen molar-refractivity contribution in [2.24, 2.45) is 4.99 Å². The monoisotopic (exact) mass is 749 g/mol. The summed E-state index contributed by atoms with van der Waals surface area (Å²) in [6, 6.07) is 17.0. The molecule has 0 saturated heterocycles. The second-order valence-corrected chi connectivity index (χ2v) is 10.6. The Bertz CT molecular complexity index is 1290. The van der Waals surface area contributed by atoms with Crippen LogP contribution in [0.5, 0.6) is 11.5 Å². The van der Waals surface area contributed by atoms with Crippen molar-refractivity contribution < 1.29 is 19.0 Å². The zero-order chi connectivity index (χ0) is 23.5. The molecule has 0 aliphatic carbocycles. The summed E-state index contributed by atoms with van der Waals surface area (Å²) in [5.41, 5.74) is 2.52. The van der Waals surface area contributed by atoms with Crippen LogP contribution in [0.1, 0.15) is 16.7 Å². The van der Waals surface area contributed by atoms with Crippen molar-refractivity contribution in [1.29, 1.82) is 0 Å². The number of carbonyl (C=O) groups is 1. The smallest absolute Gasteiger partial charge is 0.363 e. The van der Waals surface area contributed by atoms with E-state index >= 15 is 0 Å². The fourth-order valence-electron chi connectivity index (χ4n) is 3.04. The first-order chi connectivity index (χ1) is 15.8. The van der Waals surface area contributed by atoms with Gasteiger partial charge in [0.15, 0.2) is 17.2 Å². The number of benzene rings is 3. The molecule has 0 atom stereocenters. The highest BCUT2D eigenvalue weighted by atomic mass is 127. The predicted octanol–water partition coefficient (Wildman–Crippen LogP) is 7.24. The average molecular weight is 751 g/mol. The van der Waals surface area contributed by atoms with Crippen molar-refractivity contribution in [1.82, 2.24) is 0 Å². The maximum atomic E-state index is 12.4. The van der Waals surface area contributed by atoms with Gasteiger partial charge in [-0.15, -0.1) is 0 Å². The molecule has 0 fully saturated rings. The van der Waals surface area contributed by atoms with Gasteiger partial charge in [0.25, 0.3) is 0 Å². The van der Waals surface area contributed by atoms with Crippen LogP contribution in [0.2, 0.25) is 5.02 Å². The molecular formula is C24H15BrClI2NO4. The molecule has 3 aromatic carbocycles. The number of halogens is 4. The van der Waals surface area contributed by atoms with Crippen LogP contribution in [-0.4, -0.2) is 19.0 Å². The van der Waals surface area contributed by atoms with Crippen molar-refractivity contribution >= 4 is 90.7 Å². The predicted molar refractivity (Wildman–Crippen MR) is 149 cm³/mol. The Kier molecular flexibility index (Phi) is 7.98. The van der Waals surface area contributed by atoms with Gasteiger partial charge >= 0.3 is 5.97 Å². The third-order valence-electron chi connectivity index (χ3n) is 4.63. The van der Waals surface area contributed by atoms with E-state index in [0.717, 1.165) is 22.7 Å². The van der Waals surface area contributed by atoms with Gasteiger partial charge in [-0.2, -0.15) is 0 Å². The lowest BCUT2D eigenvalue weighted by Crippen LogP contribution is -2.06. The molecule has 1 aliphatic heterocycles. The average Bonchev–Trinajstić information content (AvgIpc) is 3.15. The van der Waals surface area contributed by atoms with Crippen molar-refractivity contribution in [2.45, 2.75) is 6.61 Å². The Balaban J connectivity index is 1.60. The van der Waals surface area contributed by atoms with Crippen LogP contribution in [0.25, 0.3) is 6.08 Å². The van der Waals surface area contributed by atoms with Crippen molar-refractivity contribution in [3.8, 4) is 11.5 Å². The number of ether oxygens (including phenoxy) is 3. The number of cyclic esters (lactones) is 1. The van der Waals surface area contributed by atoms with Gasteiger partial charge in [-0.25, -0.2) is 9.79 Å². The molecule has 0 unspecified atom stereocenters. The standard InChI is InChI=1S/C24H15BrClI2NO4/c1-31-21-10-14(8-19(28)22(21)32-12-13-2-4-15(25)5-3-13)9-20-24(30)33-23(29-20)17-11-16(27)6-7-18(17)26/h2-11H,12H2,1H3/b20-9-. The van der Waals surface area contributed by atoms with Crippen LogP contribution in [0.3, 0.4) is 0 Å². The molecule has 33 heavy (non-hydrogen) atoms. The molecule has 4 rings (SSSR count). The fourth-order valence-corrected chi connectivity index (χ4v) is 4.78. The summed E-state index contributed by atoms with van der Waals surface area (Å²) in [5, 5.41) is 0.465. The van der Waals surface area contributed by atoms with E-state index in [1.165, 1.54) is 0 Å². The quantitative estimate of drug-likeness (QED) is 0.152. The van der Waals surface area contributed by atoms with E-state index < -0.39 is 5.97 Å². The first-order valence-corrected chi connectivity index (χ1v) is 12.9. The first-order valence-electron chi connectivity index (χ1n) is 9.57. The van der Waals surface area contributed by atoms with Gasteiger partial charge in [0.05, 0.1) is 21.3 Å². The second kappa shape index (κ2) is 10.7. The third-order valence-corrected chi connectivity index (χ3v) is 6.96.